The molecule has 9 heteroatoms. The van der Waals surface area contributed by atoms with Crippen molar-refractivity contribution >= 4 is 23.4 Å². The largest absolute Gasteiger partial charge is 0.497 e. The van der Waals surface area contributed by atoms with Gasteiger partial charge in [0, 0.05) is 12.7 Å². The third-order valence-electron chi connectivity index (χ3n) is 5.62. The van der Waals surface area contributed by atoms with Gasteiger partial charge in [-0.25, -0.2) is 9.79 Å². The minimum atomic E-state index is -0.702. The minimum Gasteiger partial charge on any atom is -0.497 e. The van der Waals surface area contributed by atoms with Crippen LogP contribution in [0, 0.1) is 0 Å². The molecule has 1 aromatic heterocycles. The predicted octanol–water partition coefficient (Wildman–Crippen LogP) is 2.44. The van der Waals surface area contributed by atoms with Crippen LogP contribution in [0.1, 0.15) is 24.1 Å². The molecule has 8 nitrogen and oxygen atoms in total. The van der Waals surface area contributed by atoms with Gasteiger partial charge in [-0.2, -0.15) is 0 Å². The number of ether oxygens (including phenoxy) is 4. The average Bonchev–Trinajstić information content (AvgIpc) is 3.17. The van der Waals surface area contributed by atoms with E-state index in [1.54, 1.807) is 43.9 Å². The number of fused-ring (bicyclic) bond motifs is 1. The van der Waals surface area contributed by atoms with Crippen LogP contribution in [0.3, 0.4) is 0 Å². The van der Waals surface area contributed by atoms with Crippen LogP contribution < -0.4 is 24.4 Å². The number of nitrogens with zero attached hydrogens (tertiary/aromatic N) is 2. The average molecular weight is 495 g/mol. The summed E-state index contributed by atoms with van der Waals surface area (Å²) in [5.74, 6) is 0.786. The Morgan fingerprint density at radius 1 is 1.06 bits per heavy atom. The number of thiazole rings is 1. The van der Waals surface area contributed by atoms with Crippen LogP contribution >= 0.6 is 11.3 Å². The van der Waals surface area contributed by atoms with Crippen molar-refractivity contribution in [2.75, 3.05) is 34.5 Å². The van der Waals surface area contributed by atoms with E-state index >= 15 is 0 Å². The highest BCUT2D eigenvalue weighted by Crippen LogP contribution is 2.31. The number of carbonyl (C=O) groups is 1. The Bertz CT molecular complexity index is 1440. The van der Waals surface area contributed by atoms with Gasteiger partial charge in [0.15, 0.2) is 4.80 Å². The number of methoxy groups -OCH3 is 3. The molecule has 1 unspecified atom stereocenters. The summed E-state index contributed by atoms with van der Waals surface area (Å²) < 4.78 is 23.2. The summed E-state index contributed by atoms with van der Waals surface area (Å²) in [6.07, 6.45) is 1.78. The zero-order chi connectivity index (χ0) is 24.9. The third-order valence-corrected chi connectivity index (χ3v) is 6.60. The van der Waals surface area contributed by atoms with Crippen LogP contribution in [0.25, 0.3) is 6.08 Å². The van der Waals surface area contributed by atoms with Crippen molar-refractivity contribution in [2.45, 2.75) is 13.0 Å². The maximum Gasteiger partial charge on any atom is 0.338 e. The smallest absolute Gasteiger partial charge is 0.338 e. The summed E-state index contributed by atoms with van der Waals surface area (Å²) in [5.41, 5.74) is 2.07. The first-order valence-electron chi connectivity index (χ1n) is 10.9. The molecular weight excluding hydrogens is 468 g/mol. The van der Waals surface area contributed by atoms with Gasteiger partial charge >= 0.3 is 5.97 Å². The Hall–Kier alpha value is -3.69. The third kappa shape index (κ3) is 4.91. The lowest BCUT2D eigenvalue weighted by molar-refractivity contribution is -0.140. The lowest BCUT2D eigenvalue weighted by Gasteiger charge is -2.25. The summed E-state index contributed by atoms with van der Waals surface area (Å²) in [6.45, 7) is 2.12. The number of aromatic nitrogens is 1. The molecule has 4 rings (SSSR count). The van der Waals surface area contributed by atoms with Gasteiger partial charge in [0.1, 0.15) is 18.1 Å². The van der Waals surface area contributed by atoms with Gasteiger partial charge in [-0.15, -0.1) is 0 Å². The molecule has 35 heavy (non-hydrogen) atoms. The summed E-state index contributed by atoms with van der Waals surface area (Å²) >= 11 is 1.26. The van der Waals surface area contributed by atoms with E-state index in [4.69, 9.17) is 18.9 Å². The number of para-hydroxylation sites is 1. The molecule has 0 bridgehead atoms. The molecule has 2 aromatic carbocycles. The van der Waals surface area contributed by atoms with Crippen LogP contribution in [0.5, 0.6) is 11.5 Å². The van der Waals surface area contributed by atoms with Crippen LogP contribution in [0.15, 0.2) is 69.6 Å². The Balaban J connectivity index is 1.89. The molecule has 1 aliphatic heterocycles. The molecular formula is C26H26N2O6S. The quantitative estimate of drug-likeness (QED) is 0.353. The summed E-state index contributed by atoms with van der Waals surface area (Å²) in [5, 5.41) is 0. The van der Waals surface area contributed by atoms with E-state index in [1.165, 1.54) is 18.4 Å². The van der Waals surface area contributed by atoms with Crippen LogP contribution in [0.2, 0.25) is 0 Å². The molecule has 0 radical (unpaired) electrons. The minimum absolute atomic E-state index is 0.0969. The first-order valence-corrected chi connectivity index (χ1v) is 11.8. The molecule has 0 saturated carbocycles. The molecule has 0 saturated heterocycles. The number of benzene rings is 2. The van der Waals surface area contributed by atoms with Crippen molar-refractivity contribution < 1.29 is 23.7 Å². The number of hydrogen-bond donors (Lipinski definition) is 0. The molecule has 0 spiro atoms. The van der Waals surface area contributed by atoms with Crippen molar-refractivity contribution in [2.24, 2.45) is 4.99 Å². The van der Waals surface area contributed by atoms with Gasteiger partial charge in [0.05, 0.1) is 42.7 Å². The maximum absolute atomic E-state index is 13.7. The van der Waals surface area contributed by atoms with Gasteiger partial charge in [-0.1, -0.05) is 41.7 Å². The number of carbonyl (C=O) groups excluding carboxylic acids is 1. The molecule has 0 aliphatic carbocycles. The Kier molecular flexibility index (Phi) is 7.48. The highest BCUT2D eigenvalue weighted by Gasteiger charge is 2.33. The normalized spacial score (nSPS) is 15.4. The van der Waals surface area contributed by atoms with Crippen LogP contribution in [0.4, 0.5) is 0 Å². The fourth-order valence-electron chi connectivity index (χ4n) is 3.91. The second-order valence-electron chi connectivity index (χ2n) is 7.73. The maximum atomic E-state index is 13.7. The number of allylic oxidation sites excluding steroid dienone is 1. The molecule has 3 aromatic rings. The first kappa shape index (κ1) is 24.4. The zero-order valence-electron chi connectivity index (χ0n) is 19.9. The van der Waals surface area contributed by atoms with Gasteiger partial charge in [0.25, 0.3) is 5.56 Å². The molecule has 182 valence electrons. The van der Waals surface area contributed by atoms with Gasteiger partial charge in [-0.05, 0) is 36.8 Å². The lowest BCUT2D eigenvalue weighted by Crippen LogP contribution is -2.40. The van der Waals surface area contributed by atoms with E-state index in [-0.39, 0.29) is 18.8 Å². The molecule has 0 fully saturated rings. The fourth-order valence-corrected chi connectivity index (χ4v) is 4.94. The van der Waals surface area contributed by atoms with E-state index in [2.05, 4.69) is 4.99 Å². The van der Waals surface area contributed by atoms with Gasteiger partial charge < -0.3 is 18.9 Å². The fraction of sp³-hybridized carbons (Fsp3) is 0.269. The Labute approximate surface area is 206 Å². The number of hydrogen-bond acceptors (Lipinski definition) is 8. The van der Waals surface area contributed by atoms with Crippen LogP contribution in [-0.4, -0.2) is 45.1 Å². The highest BCUT2D eigenvalue weighted by molar-refractivity contribution is 7.07. The van der Waals surface area contributed by atoms with Crippen molar-refractivity contribution in [3.05, 3.63) is 90.6 Å². The monoisotopic (exact) mass is 494 g/mol. The summed E-state index contributed by atoms with van der Waals surface area (Å²) in [4.78, 5) is 31.9. The van der Waals surface area contributed by atoms with E-state index in [9.17, 15) is 9.59 Å². The van der Waals surface area contributed by atoms with Gasteiger partial charge in [-0.3, -0.25) is 9.36 Å². The second-order valence-corrected chi connectivity index (χ2v) is 8.73. The predicted molar refractivity (Wildman–Crippen MR) is 133 cm³/mol. The van der Waals surface area contributed by atoms with Crippen molar-refractivity contribution in [1.29, 1.82) is 0 Å². The summed E-state index contributed by atoms with van der Waals surface area (Å²) in [7, 11) is 4.70. The standard InChI is InChI=1S/C26H26N2O6S/c1-16-22(25(30)34-14-13-31-2)23(17-9-11-19(32-3)12-10-17)28-24(29)21(35-26(28)27-16)15-18-7-5-6-8-20(18)33-4/h5-12,15,23H,13-14H2,1-4H3. The zero-order valence-corrected chi connectivity index (χ0v) is 20.8. The molecule has 1 aliphatic rings. The van der Waals surface area contributed by atoms with E-state index in [0.717, 1.165) is 11.1 Å². The van der Waals surface area contributed by atoms with Crippen molar-refractivity contribution in [3.8, 4) is 11.5 Å². The van der Waals surface area contributed by atoms with E-state index in [1.807, 2.05) is 36.4 Å². The molecule has 0 amide bonds. The highest BCUT2D eigenvalue weighted by atomic mass is 32.1. The molecule has 2 heterocycles. The Morgan fingerprint density at radius 3 is 2.49 bits per heavy atom. The Morgan fingerprint density at radius 2 is 1.80 bits per heavy atom. The van der Waals surface area contributed by atoms with Crippen LogP contribution in [-0.2, 0) is 14.3 Å². The topological polar surface area (TPSA) is 88.4 Å². The SMILES string of the molecule is COCCOC(=O)C1=C(C)N=c2sc(=Cc3ccccc3OC)c(=O)n2C1c1ccc(OC)cc1. The lowest BCUT2D eigenvalue weighted by atomic mass is 9.96. The van der Waals surface area contributed by atoms with Crippen molar-refractivity contribution in [1.82, 2.24) is 4.57 Å². The first-order chi connectivity index (χ1) is 17.0. The molecule has 0 N–H and O–H groups in total. The van der Waals surface area contributed by atoms with Crippen molar-refractivity contribution in [3.63, 3.8) is 0 Å². The number of rotatable bonds is 8. The van der Waals surface area contributed by atoms with E-state index in [0.29, 0.717) is 32.1 Å². The second kappa shape index (κ2) is 10.7. The molecule has 1 atom stereocenters. The summed E-state index contributed by atoms with van der Waals surface area (Å²) in [6, 6.07) is 14.0. The van der Waals surface area contributed by atoms with E-state index < -0.39 is 12.0 Å². The van der Waals surface area contributed by atoms with Gasteiger partial charge in [0.2, 0.25) is 0 Å². The number of esters is 1.